The summed E-state index contributed by atoms with van der Waals surface area (Å²) in [5.41, 5.74) is 0. The van der Waals surface area contributed by atoms with Crippen molar-refractivity contribution in [3.05, 3.63) is 0 Å². The summed E-state index contributed by atoms with van der Waals surface area (Å²) < 4.78 is -1.39. The highest BCUT2D eigenvalue weighted by molar-refractivity contribution is 9.26. The summed E-state index contributed by atoms with van der Waals surface area (Å²) in [7, 11) is 0. The minimum absolute atomic E-state index is 0.0565. The first-order valence-electron chi connectivity index (χ1n) is 4.58. The van der Waals surface area contributed by atoms with Crippen LogP contribution in [0.1, 0.15) is 19.3 Å². The molecule has 15 heavy (non-hydrogen) atoms. The van der Waals surface area contributed by atoms with Crippen molar-refractivity contribution in [3.8, 4) is 0 Å². The van der Waals surface area contributed by atoms with E-state index in [1.54, 1.807) is 0 Å². The Balaban J connectivity index is 2.34. The molecule has 2 unspecified atom stereocenters. The lowest BCUT2D eigenvalue weighted by Crippen LogP contribution is -2.51. The Kier molecular flexibility index (Phi) is 3.29. The largest absolute Gasteiger partial charge is 0.297 e. The highest BCUT2D eigenvalue weighted by Crippen LogP contribution is 2.53. The second kappa shape index (κ2) is 3.89. The first kappa shape index (κ1) is 12.7. The molecule has 84 valence electrons. The van der Waals surface area contributed by atoms with E-state index in [9.17, 15) is 9.59 Å². The van der Waals surface area contributed by atoms with Gasteiger partial charge in [-0.3, -0.25) is 9.59 Å². The lowest BCUT2D eigenvalue weighted by Gasteiger charge is -2.43. The summed E-state index contributed by atoms with van der Waals surface area (Å²) in [6.45, 7) is 0. The molecule has 0 saturated heterocycles. The lowest BCUT2D eigenvalue weighted by atomic mass is 9.71. The van der Waals surface area contributed by atoms with E-state index in [4.69, 9.17) is 0 Å². The van der Waals surface area contributed by atoms with Gasteiger partial charge in [0.15, 0.2) is 11.6 Å². The lowest BCUT2D eigenvalue weighted by molar-refractivity contribution is -0.134. The van der Waals surface area contributed by atoms with Crippen LogP contribution >= 0.6 is 63.7 Å². The summed E-state index contributed by atoms with van der Waals surface area (Å²) in [5.74, 6) is 0.182. The van der Waals surface area contributed by atoms with Crippen LogP contribution in [-0.2, 0) is 9.59 Å². The smallest absolute Gasteiger partial charge is 0.163 e. The Labute approximate surface area is 121 Å². The van der Waals surface area contributed by atoms with Crippen LogP contribution in [0.4, 0.5) is 0 Å². The third-order valence-electron chi connectivity index (χ3n) is 3.04. The van der Waals surface area contributed by atoms with E-state index in [-0.39, 0.29) is 23.4 Å². The second-order valence-corrected chi connectivity index (χ2v) is 11.7. The van der Waals surface area contributed by atoms with Gasteiger partial charge in [0.05, 0.1) is 0 Å². The number of hydrogen-bond donors (Lipinski definition) is 0. The van der Waals surface area contributed by atoms with E-state index in [2.05, 4.69) is 63.7 Å². The standard InChI is InChI=1S/C9H8Br4O2/c10-8(11)2-4-1-5(7(8)15)3-9(12,13)6(4)14/h4-5H,1-3H2. The van der Waals surface area contributed by atoms with Crippen LogP contribution in [0.25, 0.3) is 0 Å². The molecule has 2 atom stereocenters. The molecule has 0 N–H and O–H groups in total. The van der Waals surface area contributed by atoms with Crippen molar-refractivity contribution in [2.24, 2.45) is 11.8 Å². The Hall–Kier alpha value is 1.26. The van der Waals surface area contributed by atoms with Gasteiger partial charge in [0, 0.05) is 11.8 Å². The molecule has 0 aromatic rings. The maximum atomic E-state index is 12.0. The topological polar surface area (TPSA) is 34.1 Å². The van der Waals surface area contributed by atoms with Crippen LogP contribution in [0.15, 0.2) is 0 Å². The Bertz CT molecular complexity index is 305. The van der Waals surface area contributed by atoms with Crippen molar-refractivity contribution in [1.82, 2.24) is 0 Å². The third kappa shape index (κ3) is 2.16. The van der Waals surface area contributed by atoms with Crippen molar-refractivity contribution in [1.29, 1.82) is 0 Å². The van der Waals surface area contributed by atoms with E-state index in [1.165, 1.54) is 0 Å². The van der Waals surface area contributed by atoms with Crippen LogP contribution in [0.2, 0.25) is 0 Å². The summed E-state index contributed by atoms with van der Waals surface area (Å²) in [6, 6.07) is 0. The SMILES string of the molecule is O=C1C2CC(CC1(Br)Br)C(=O)C(Br)(Br)C2. The van der Waals surface area contributed by atoms with Gasteiger partial charge >= 0.3 is 0 Å². The maximum absolute atomic E-state index is 12.0. The Morgan fingerprint density at radius 3 is 1.53 bits per heavy atom. The van der Waals surface area contributed by atoms with Crippen LogP contribution in [0.3, 0.4) is 0 Å². The molecular weight excluding hydrogens is 460 g/mol. The summed E-state index contributed by atoms with van der Waals surface area (Å²) >= 11 is 13.5. The van der Waals surface area contributed by atoms with Crippen LogP contribution in [0.5, 0.6) is 0 Å². The third-order valence-corrected chi connectivity index (χ3v) is 5.90. The second-order valence-electron chi connectivity index (χ2n) is 4.18. The fraction of sp³-hybridized carbons (Fsp3) is 0.778. The fourth-order valence-electron chi connectivity index (χ4n) is 2.33. The Morgan fingerprint density at radius 2 is 1.20 bits per heavy atom. The van der Waals surface area contributed by atoms with E-state index in [0.29, 0.717) is 19.3 Å². The molecule has 2 bridgehead atoms. The van der Waals surface area contributed by atoms with Gasteiger partial charge in [0.1, 0.15) is 6.47 Å². The molecule has 0 aromatic heterocycles. The zero-order valence-electron chi connectivity index (χ0n) is 7.60. The molecule has 2 rings (SSSR count). The zero-order valence-corrected chi connectivity index (χ0v) is 13.9. The van der Waals surface area contributed by atoms with Gasteiger partial charge in [-0.1, -0.05) is 63.7 Å². The molecule has 2 aliphatic rings. The van der Waals surface area contributed by atoms with Crippen LogP contribution < -0.4 is 0 Å². The number of alkyl halides is 4. The van der Waals surface area contributed by atoms with E-state index in [1.807, 2.05) is 0 Å². The number of fused-ring (bicyclic) bond motifs is 2. The number of ketones is 2. The average Bonchev–Trinajstić information content (AvgIpc) is 2.09. The molecule has 2 nitrogen and oxygen atoms in total. The minimum Gasteiger partial charge on any atom is -0.297 e. The molecule has 0 radical (unpaired) electrons. The Morgan fingerprint density at radius 1 is 0.867 bits per heavy atom. The summed E-state index contributed by atoms with van der Waals surface area (Å²) in [4.78, 5) is 24.0. The van der Waals surface area contributed by atoms with Gasteiger partial charge in [-0.05, 0) is 19.3 Å². The minimum atomic E-state index is -0.695. The predicted molar refractivity (Wildman–Crippen MR) is 72.0 cm³/mol. The molecular formula is C9H8Br4O2. The number of carbonyl (C=O) groups is 2. The van der Waals surface area contributed by atoms with E-state index < -0.39 is 6.47 Å². The van der Waals surface area contributed by atoms with Gasteiger partial charge in [-0.2, -0.15) is 0 Å². The van der Waals surface area contributed by atoms with Crippen molar-refractivity contribution in [2.45, 2.75) is 25.7 Å². The van der Waals surface area contributed by atoms with E-state index in [0.717, 1.165) is 0 Å². The molecule has 2 fully saturated rings. The summed E-state index contributed by atoms with van der Waals surface area (Å²) in [6.07, 6.45) is 1.75. The van der Waals surface area contributed by atoms with Crippen LogP contribution in [0, 0.1) is 11.8 Å². The van der Waals surface area contributed by atoms with Crippen molar-refractivity contribution >= 4 is 75.3 Å². The molecule has 0 aromatic carbocycles. The summed E-state index contributed by atoms with van der Waals surface area (Å²) in [5, 5.41) is 0. The first-order chi connectivity index (χ1) is 6.74. The van der Waals surface area contributed by atoms with Crippen molar-refractivity contribution < 1.29 is 9.59 Å². The normalized spacial score (nSPS) is 37.9. The fourth-order valence-corrected chi connectivity index (χ4v) is 5.19. The van der Waals surface area contributed by atoms with Gasteiger partial charge in [0.2, 0.25) is 0 Å². The number of Topliss-reactive ketones (excluding diaryl/α,β-unsaturated/α-hetero) is 2. The van der Waals surface area contributed by atoms with Gasteiger partial charge in [-0.15, -0.1) is 0 Å². The van der Waals surface area contributed by atoms with E-state index >= 15 is 0 Å². The number of rotatable bonds is 0. The molecule has 2 saturated carbocycles. The first-order valence-corrected chi connectivity index (χ1v) is 7.75. The molecule has 0 aliphatic heterocycles. The maximum Gasteiger partial charge on any atom is 0.163 e. The highest BCUT2D eigenvalue weighted by atomic mass is 79.9. The quantitative estimate of drug-likeness (QED) is 0.511. The molecule has 0 spiro atoms. The average molecular weight is 468 g/mol. The van der Waals surface area contributed by atoms with Crippen molar-refractivity contribution in [3.63, 3.8) is 0 Å². The molecule has 6 heteroatoms. The zero-order chi connectivity index (χ0) is 11.4. The monoisotopic (exact) mass is 464 g/mol. The number of carbonyl (C=O) groups excluding carboxylic acids is 2. The highest BCUT2D eigenvalue weighted by Gasteiger charge is 2.55. The van der Waals surface area contributed by atoms with Gasteiger partial charge in [-0.25, -0.2) is 0 Å². The number of halogens is 4. The molecule has 0 amide bonds. The molecule has 0 heterocycles. The van der Waals surface area contributed by atoms with Crippen molar-refractivity contribution in [2.75, 3.05) is 0 Å². The van der Waals surface area contributed by atoms with Gasteiger partial charge < -0.3 is 0 Å². The predicted octanol–water partition coefficient (Wildman–Crippen LogP) is 3.53. The van der Waals surface area contributed by atoms with Gasteiger partial charge in [0.25, 0.3) is 0 Å². The molecule has 2 aliphatic carbocycles. The van der Waals surface area contributed by atoms with Crippen LogP contribution in [-0.4, -0.2) is 18.0 Å². The number of hydrogen-bond acceptors (Lipinski definition) is 2.